The van der Waals surface area contributed by atoms with Crippen molar-refractivity contribution < 1.29 is 14.6 Å². The largest absolute Gasteiger partial charge is 0.445 e. The number of ether oxygens (including phenoxy) is 1. The smallest absolute Gasteiger partial charge is 0.410 e. The average molecular weight is 324 g/mol. The Morgan fingerprint density at radius 3 is 2.88 bits per heavy atom. The molecule has 1 fully saturated rings. The zero-order valence-electron chi connectivity index (χ0n) is 13.3. The number of amides is 1. The standard InChI is InChI=1S/C19H20N2O3/c22-18-11-17(9-8-15-7-4-10-20-12-15)21(13-18)19(23)24-14-16-5-2-1-3-6-16/h1-10,12,17-18,22H,11,13-14H2/b9-8-/t17-,18-/m1/s1. The van der Waals surface area contributed by atoms with Gasteiger partial charge in [0.2, 0.25) is 0 Å². The van der Waals surface area contributed by atoms with E-state index >= 15 is 0 Å². The first-order chi connectivity index (χ1) is 11.7. The third-order valence-corrected chi connectivity index (χ3v) is 3.96. The van der Waals surface area contributed by atoms with Gasteiger partial charge in [0.15, 0.2) is 0 Å². The number of β-amino-alcohol motifs (C(OH)–C–C–N with tert-alkyl or cyclic N) is 1. The first-order valence-electron chi connectivity index (χ1n) is 7.96. The minimum Gasteiger partial charge on any atom is -0.445 e. The van der Waals surface area contributed by atoms with E-state index in [0.29, 0.717) is 6.42 Å². The Kier molecular flexibility index (Phi) is 5.23. The van der Waals surface area contributed by atoms with Crippen LogP contribution in [-0.2, 0) is 11.3 Å². The molecule has 24 heavy (non-hydrogen) atoms. The molecule has 5 heteroatoms. The number of aliphatic hydroxyl groups excluding tert-OH is 1. The molecule has 5 nitrogen and oxygen atoms in total. The highest BCUT2D eigenvalue weighted by Crippen LogP contribution is 2.21. The Labute approximate surface area is 141 Å². The third-order valence-electron chi connectivity index (χ3n) is 3.96. The maximum Gasteiger partial charge on any atom is 0.410 e. The van der Waals surface area contributed by atoms with Gasteiger partial charge in [-0.3, -0.25) is 9.88 Å². The molecule has 0 radical (unpaired) electrons. The summed E-state index contributed by atoms with van der Waals surface area (Å²) >= 11 is 0. The topological polar surface area (TPSA) is 62.7 Å². The van der Waals surface area contributed by atoms with Crippen molar-refractivity contribution in [1.82, 2.24) is 9.88 Å². The van der Waals surface area contributed by atoms with E-state index in [9.17, 15) is 9.90 Å². The highest BCUT2D eigenvalue weighted by Gasteiger charge is 2.33. The molecule has 124 valence electrons. The number of carbonyl (C=O) groups excluding carboxylic acids is 1. The lowest BCUT2D eigenvalue weighted by Gasteiger charge is -2.21. The third kappa shape index (κ3) is 4.20. The number of aliphatic hydroxyl groups is 1. The minimum absolute atomic E-state index is 0.177. The van der Waals surface area contributed by atoms with E-state index in [1.165, 1.54) is 0 Å². The molecule has 0 aliphatic carbocycles. The second kappa shape index (κ2) is 7.75. The number of hydrogen-bond donors (Lipinski definition) is 1. The molecule has 0 spiro atoms. The quantitative estimate of drug-likeness (QED) is 0.939. The second-order valence-corrected chi connectivity index (χ2v) is 5.79. The Bertz CT molecular complexity index is 688. The van der Waals surface area contributed by atoms with E-state index in [1.807, 2.05) is 54.6 Å². The number of rotatable bonds is 4. The van der Waals surface area contributed by atoms with Gasteiger partial charge in [-0.25, -0.2) is 4.79 Å². The summed E-state index contributed by atoms with van der Waals surface area (Å²) in [6.07, 6.45) is 6.86. The fourth-order valence-electron chi connectivity index (χ4n) is 2.73. The molecular weight excluding hydrogens is 304 g/mol. The van der Waals surface area contributed by atoms with Crippen molar-refractivity contribution >= 4 is 12.2 Å². The Balaban J connectivity index is 1.62. The Morgan fingerprint density at radius 2 is 2.12 bits per heavy atom. The molecule has 2 aromatic rings. The molecule has 2 heterocycles. The van der Waals surface area contributed by atoms with Gasteiger partial charge in [-0.1, -0.05) is 48.6 Å². The Hall–Kier alpha value is -2.66. The molecule has 1 aliphatic rings. The van der Waals surface area contributed by atoms with Gasteiger partial charge < -0.3 is 9.84 Å². The molecule has 0 unspecified atom stereocenters. The van der Waals surface area contributed by atoms with Crippen LogP contribution < -0.4 is 0 Å². The maximum absolute atomic E-state index is 12.3. The van der Waals surface area contributed by atoms with Gasteiger partial charge in [0.05, 0.1) is 18.7 Å². The van der Waals surface area contributed by atoms with Gasteiger partial charge in [0.25, 0.3) is 0 Å². The van der Waals surface area contributed by atoms with Gasteiger partial charge in [0, 0.05) is 12.4 Å². The number of benzene rings is 1. The summed E-state index contributed by atoms with van der Waals surface area (Å²) < 4.78 is 5.37. The molecular formula is C19H20N2O3. The molecule has 3 rings (SSSR count). The predicted molar refractivity (Wildman–Crippen MR) is 91.0 cm³/mol. The number of carbonyl (C=O) groups is 1. The van der Waals surface area contributed by atoms with Gasteiger partial charge in [-0.05, 0) is 23.6 Å². The van der Waals surface area contributed by atoms with Gasteiger partial charge in [0.1, 0.15) is 6.61 Å². The summed E-state index contributed by atoms with van der Waals surface area (Å²) in [4.78, 5) is 18.0. The number of pyridine rings is 1. The molecule has 1 saturated heterocycles. The van der Waals surface area contributed by atoms with Crippen molar-refractivity contribution in [2.24, 2.45) is 0 Å². The highest BCUT2D eigenvalue weighted by atomic mass is 16.6. The van der Waals surface area contributed by atoms with Crippen molar-refractivity contribution in [2.45, 2.75) is 25.2 Å². The molecule has 1 N–H and O–H groups in total. The summed E-state index contributed by atoms with van der Waals surface area (Å²) in [5, 5.41) is 9.91. The SMILES string of the molecule is O=C(OCc1ccccc1)N1C[C@H](O)C[C@H]1/C=C\c1cccnc1. The van der Waals surface area contributed by atoms with E-state index in [1.54, 1.807) is 17.3 Å². The van der Waals surface area contributed by atoms with Crippen molar-refractivity contribution in [2.75, 3.05) is 6.54 Å². The van der Waals surface area contributed by atoms with E-state index in [-0.39, 0.29) is 19.2 Å². The molecule has 2 atom stereocenters. The average Bonchev–Trinajstić information content (AvgIpc) is 3.00. The van der Waals surface area contributed by atoms with Crippen LogP contribution in [-0.4, -0.2) is 39.8 Å². The predicted octanol–water partition coefficient (Wildman–Crippen LogP) is 2.87. The van der Waals surface area contributed by atoms with Crippen molar-refractivity contribution in [3.05, 3.63) is 72.1 Å². The second-order valence-electron chi connectivity index (χ2n) is 5.79. The van der Waals surface area contributed by atoms with Crippen molar-refractivity contribution in [3.8, 4) is 0 Å². The van der Waals surface area contributed by atoms with Gasteiger partial charge in [-0.2, -0.15) is 0 Å². The Morgan fingerprint density at radius 1 is 1.29 bits per heavy atom. The van der Waals surface area contributed by atoms with Crippen molar-refractivity contribution in [3.63, 3.8) is 0 Å². The fourth-order valence-corrected chi connectivity index (χ4v) is 2.73. The molecule has 0 bridgehead atoms. The van der Waals surface area contributed by atoms with Crippen LogP contribution in [0, 0.1) is 0 Å². The lowest BCUT2D eigenvalue weighted by molar-refractivity contribution is 0.0920. The molecule has 1 aromatic carbocycles. The highest BCUT2D eigenvalue weighted by molar-refractivity contribution is 5.69. The van der Waals surface area contributed by atoms with E-state index in [4.69, 9.17) is 4.74 Å². The zero-order chi connectivity index (χ0) is 16.8. The summed E-state index contributed by atoms with van der Waals surface area (Å²) in [5.74, 6) is 0. The first kappa shape index (κ1) is 16.2. The molecule has 1 amide bonds. The van der Waals surface area contributed by atoms with E-state index in [0.717, 1.165) is 11.1 Å². The summed E-state index contributed by atoms with van der Waals surface area (Å²) in [6.45, 7) is 0.515. The van der Waals surface area contributed by atoms with Gasteiger partial charge in [-0.15, -0.1) is 0 Å². The number of likely N-dealkylation sites (tertiary alicyclic amines) is 1. The maximum atomic E-state index is 12.3. The van der Waals surface area contributed by atoms with Crippen LogP contribution in [0.1, 0.15) is 17.5 Å². The number of nitrogens with zero attached hydrogens (tertiary/aromatic N) is 2. The van der Waals surface area contributed by atoms with Crippen LogP contribution in [0.25, 0.3) is 6.08 Å². The summed E-state index contributed by atoms with van der Waals surface area (Å²) in [6, 6.07) is 13.2. The lowest BCUT2D eigenvalue weighted by Crippen LogP contribution is -2.35. The van der Waals surface area contributed by atoms with E-state index in [2.05, 4.69) is 4.98 Å². The van der Waals surface area contributed by atoms with E-state index < -0.39 is 12.2 Å². The molecule has 1 aromatic heterocycles. The summed E-state index contributed by atoms with van der Waals surface area (Å²) in [5.41, 5.74) is 1.89. The van der Waals surface area contributed by atoms with Crippen LogP contribution in [0.15, 0.2) is 60.9 Å². The van der Waals surface area contributed by atoms with Crippen LogP contribution in [0.5, 0.6) is 0 Å². The van der Waals surface area contributed by atoms with Gasteiger partial charge >= 0.3 is 6.09 Å². The lowest BCUT2D eigenvalue weighted by atomic mass is 10.1. The molecule has 0 saturated carbocycles. The number of aromatic nitrogens is 1. The van der Waals surface area contributed by atoms with Crippen LogP contribution in [0.2, 0.25) is 0 Å². The van der Waals surface area contributed by atoms with Crippen molar-refractivity contribution in [1.29, 1.82) is 0 Å². The fraction of sp³-hybridized carbons (Fsp3) is 0.263. The minimum atomic E-state index is -0.530. The first-order valence-corrected chi connectivity index (χ1v) is 7.96. The number of hydrogen-bond acceptors (Lipinski definition) is 4. The monoisotopic (exact) mass is 324 g/mol. The van der Waals surface area contributed by atoms with Crippen LogP contribution in [0.4, 0.5) is 4.79 Å². The normalized spacial score (nSPS) is 20.5. The zero-order valence-corrected chi connectivity index (χ0v) is 13.3. The molecule has 1 aliphatic heterocycles. The summed E-state index contributed by atoms with van der Waals surface area (Å²) in [7, 11) is 0. The van der Waals surface area contributed by atoms with Crippen LogP contribution in [0.3, 0.4) is 0 Å². The van der Waals surface area contributed by atoms with Crippen LogP contribution >= 0.6 is 0 Å².